The molecule has 218 valence electrons. The molecule has 45 heavy (non-hydrogen) atoms. The molecule has 0 amide bonds. The van der Waals surface area contributed by atoms with Gasteiger partial charge in [-0.15, -0.1) is 11.3 Å². The van der Waals surface area contributed by atoms with Crippen LogP contribution in [0.2, 0.25) is 0 Å². The molecule has 2 heterocycles. The second-order valence-corrected chi connectivity index (χ2v) is 14.1. The predicted octanol–water partition coefficient (Wildman–Crippen LogP) is 11.9. The van der Waals surface area contributed by atoms with Crippen LogP contribution in [-0.4, -0.2) is 4.57 Å². The molecule has 0 aliphatic heterocycles. The Bertz CT molecular complexity index is 2460. The zero-order chi connectivity index (χ0) is 30.4. The van der Waals surface area contributed by atoms with Crippen molar-refractivity contribution in [2.45, 2.75) is 39.2 Å². The number of fused-ring (bicyclic) bond motifs is 12. The number of hydrogen-bond acceptors (Lipinski definition) is 2. The van der Waals surface area contributed by atoms with Crippen molar-refractivity contribution < 1.29 is 0 Å². The van der Waals surface area contributed by atoms with E-state index in [2.05, 4.69) is 159 Å². The second-order valence-electron chi connectivity index (χ2n) is 13.1. The van der Waals surface area contributed by atoms with E-state index >= 15 is 0 Å². The minimum absolute atomic E-state index is 0.128. The summed E-state index contributed by atoms with van der Waals surface area (Å²) in [6.07, 6.45) is 0. The number of aromatic nitrogens is 1. The molecule has 6 aromatic carbocycles. The van der Waals surface area contributed by atoms with Crippen molar-refractivity contribution in [3.05, 3.63) is 144 Å². The Morgan fingerprint density at radius 1 is 0.711 bits per heavy atom. The monoisotopic (exact) mass is 598 g/mol. The minimum Gasteiger partial charge on any atom is -0.378 e. The summed E-state index contributed by atoms with van der Waals surface area (Å²) >= 11 is 1.94. The molecule has 2 aromatic heterocycles. The van der Waals surface area contributed by atoms with Gasteiger partial charge in [0.05, 0.1) is 15.7 Å². The number of benzene rings is 6. The zero-order valence-electron chi connectivity index (χ0n) is 26.0. The SMILES string of the molecule is Cc1ccccc1NC(C)c1ccc(-n2c3ccccc3c3c4c(c5c6ccccc6sc5c32)-c2ccccc2C4(C)C)cc1. The van der Waals surface area contributed by atoms with Crippen molar-refractivity contribution in [1.82, 2.24) is 4.57 Å². The molecule has 0 bridgehead atoms. The van der Waals surface area contributed by atoms with E-state index in [9.17, 15) is 0 Å². The third kappa shape index (κ3) is 3.68. The van der Waals surface area contributed by atoms with Crippen LogP contribution < -0.4 is 5.32 Å². The van der Waals surface area contributed by atoms with E-state index < -0.39 is 0 Å². The molecule has 1 aliphatic rings. The Labute approximate surface area is 267 Å². The maximum Gasteiger partial charge on any atom is 0.0723 e. The van der Waals surface area contributed by atoms with Gasteiger partial charge >= 0.3 is 0 Å². The van der Waals surface area contributed by atoms with Gasteiger partial charge in [-0.3, -0.25) is 0 Å². The van der Waals surface area contributed by atoms with E-state index in [1.54, 1.807) is 0 Å². The molecular weight excluding hydrogens is 565 g/mol. The van der Waals surface area contributed by atoms with Gasteiger partial charge in [-0.25, -0.2) is 0 Å². The first-order chi connectivity index (χ1) is 21.9. The van der Waals surface area contributed by atoms with E-state index in [1.165, 1.54) is 86.7 Å². The molecule has 2 nitrogen and oxygen atoms in total. The van der Waals surface area contributed by atoms with Crippen LogP contribution in [0.1, 0.15) is 49.1 Å². The van der Waals surface area contributed by atoms with Crippen molar-refractivity contribution in [3.8, 4) is 16.8 Å². The van der Waals surface area contributed by atoms with Crippen molar-refractivity contribution in [1.29, 1.82) is 0 Å². The summed E-state index contributed by atoms with van der Waals surface area (Å²) in [6, 6.07) is 45.0. The maximum atomic E-state index is 3.72. The lowest BCUT2D eigenvalue weighted by Gasteiger charge is -2.23. The fourth-order valence-corrected chi connectivity index (χ4v) is 9.18. The van der Waals surface area contributed by atoms with Crippen LogP contribution in [0, 0.1) is 6.92 Å². The van der Waals surface area contributed by atoms with Gasteiger partial charge in [0.1, 0.15) is 0 Å². The van der Waals surface area contributed by atoms with Gasteiger partial charge in [0.15, 0.2) is 0 Å². The van der Waals surface area contributed by atoms with Gasteiger partial charge in [0, 0.05) is 49.1 Å². The number of thiophene rings is 1. The second kappa shape index (κ2) is 9.57. The molecule has 1 aliphatic carbocycles. The Hall–Kier alpha value is -4.86. The molecule has 0 fully saturated rings. The van der Waals surface area contributed by atoms with Gasteiger partial charge in [0.25, 0.3) is 0 Å². The summed E-state index contributed by atoms with van der Waals surface area (Å²) in [5.74, 6) is 0. The largest absolute Gasteiger partial charge is 0.378 e. The van der Waals surface area contributed by atoms with Crippen LogP contribution in [0.15, 0.2) is 121 Å². The van der Waals surface area contributed by atoms with Crippen LogP contribution in [0.3, 0.4) is 0 Å². The number of nitrogens with one attached hydrogen (secondary N) is 1. The molecule has 0 saturated carbocycles. The number of aryl methyl sites for hydroxylation is 1. The molecule has 8 aromatic rings. The first-order valence-electron chi connectivity index (χ1n) is 15.9. The molecule has 1 unspecified atom stereocenters. The number of para-hydroxylation sites is 2. The summed E-state index contributed by atoms with van der Waals surface area (Å²) in [5, 5.41) is 9.18. The van der Waals surface area contributed by atoms with E-state index in [0.29, 0.717) is 0 Å². The van der Waals surface area contributed by atoms with Crippen molar-refractivity contribution in [2.24, 2.45) is 0 Å². The number of hydrogen-bond donors (Lipinski definition) is 1. The molecular formula is C42H34N2S. The van der Waals surface area contributed by atoms with Crippen LogP contribution in [-0.2, 0) is 5.41 Å². The lowest BCUT2D eigenvalue weighted by molar-refractivity contribution is 0.667. The molecule has 0 spiro atoms. The Balaban J connectivity index is 1.34. The van der Waals surface area contributed by atoms with E-state index in [1.807, 2.05) is 11.3 Å². The highest BCUT2D eigenvalue weighted by atomic mass is 32.1. The average Bonchev–Trinajstić information content (AvgIpc) is 3.68. The normalized spacial score (nSPS) is 14.3. The summed E-state index contributed by atoms with van der Waals surface area (Å²) in [5.41, 5.74) is 13.0. The third-order valence-corrected chi connectivity index (χ3v) is 11.3. The van der Waals surface area contributed by atoms with Crippen LogP contribution in [0.5, 0.6) is 0 Å². The van der Waals surface area contributed by atoms with Gasteiger partial charge in [0.2, 0.25) is 0 Å². The number of anilines is 1. The molecule has 0 radical (unpaired) electrons. The first kappa shape index (κ1) is 26.5. The highest BCUT2D eigenvalue weighted by molar-refractivity contribution is 7.26. The molecule has 1 atom stereocenters. The summed E-state index contributed by atoms with van der Waals surface area (Å²) in [4.78, 5) is 0. The third-order valence-electron chi connectivity index (χ3n) is 10.1. The smallest absolute Gasteiger partial charge is 0.0723 e. The van der Waals surface area contributed by atoms with Crippen LogP contribution >= 0.6 is 11.3 Å². The topological polar surface area (TPSA) is 17.0 Å². The van der Waals surface area contributed by atoms with E-state index in [-0.39, 0.29) is 11.5 Å². The average molecular weight is 599 g/mol. The fourth-order valence-electron chi connectivity index (χ4n) is 7.93. The van der Waals surface area contributed by atoms with Crippen molar-refractivity contribution in [2.75, 3.05) is 5.32 Å². The van der Waals surface area contributed by atoms with E-state index in [0.717, 1.165) is 0 Å². The van der Waals surface area contributed by atoms with Crippen molar-refractivity contribution >= 4 is 59.0 Å². The maximum absolute atomic E-state index is 3.72. The quantitative estimate of drug-likeness (QED) is 0.213. The van der Waals surface area contributed by atoms with E-state index in [4.69, 9.17) is 0 Å². The molecule has 3 heteroatoms. The first-order valence-corrected chi connectivity index (χ1v) is 16.7. The van der Waals surface area contributed by atoms with Gasteiger partial charge in [-0.2, -0.15) is 0 Å². The zero-order valence-corrected chi connectivity index (χ0v) is 26.8. The van der Waals surface area contributed by atoms with Gasteiger partial charge in [-0.05, 0) is 77.6 Å². The summed E-state index contributed by atoms with van der Waals surface area (Å²) < 4.78 is 5.24. The van der Waals surface area contributed by atoms with Crippen LogP contribution in [0.25, 0.3) is 58.8 Å². The predicted molar refractivity (Wildman–Crippen MR) is 194 cm³/mol. The van der Waals surface area contributed by atoms with Crippen LogP contribution in [0.4, 0.5) is 5.69 Å². The minimum atomic E-state index is -0.128. The highest BCUT2D eigenvalue weighted by Crippen LogP contribution is 2.58. The summed E-state index contributed by atoms with van der Waals surface area (Å²) in [7, 11) is 0. The molecule has 0 saturated heterocycles. The Morgan fingerprint density at radius 2 is 1.40 bits per heavy atom. The Kier molecular flexibility index (Phi) is 5.64. The van der Waals surface area contributed by atoms with Gasteiger partial charge in [-0.1, -0.05) is 105 Å². The fraction of sp³-hybridized carbons (Fsp3) is 0.143. The lowest BCUT2D eigenvalue weighted by Crippen LogP contribution is -2.15. The number of nitrogens with zero attached hydrogens (tertiary/aromatic N) is 1. The number of rotatable bonds is 4. The summed E-state index contributed by atoms with van der Waals surface area (Å²) in [6.45, 7) is 9.24. The Morgan fingerprint density at radius 3 is 2.22 bits per heavy atom. The lowest BCUT2D eigenvalue weighted by atomic mass is 9.80. The standard InChI is InChI=1S/C42H34N2S/c1-25-13-5-10-18-33(25)43-26(2)27-21-23-28(24-22-27)44-34-19-11-7-15-30(34)38-39-36(29-14-6-9-17-32(29)42(39,3)4)37-31-16-8-12-20-35(31)45-41(37)40(38)44/h5-24,26,43H,1-4H3. The van der Waals surface area contributed by atoms with Gasteiger partial charge < -0.3 is 9.88 Å². The molecule has 1 N–H and O–H groups in total. The highest BCUT2D eigenvalue weighted by Gasteiger charge is 2.40. The molecule has 9 rings (SSSR count). The van der Waals surface area contributed by atoms with Crippen molar-refractivity contribution in [3.63, 3.8) is 0 Å².